The van der Waals surface area contributed by atoms with E-state index in [-0.39, 0.29) is 4.90 Å². The van der Waals surface area contributed by atoms with E-state index >= 15 is 0 Å². The van der Waals surface area contributed by atoms with E-state index < -0.39 is 18.2 Å². The molecule has 0 aromatic heterocycles. The average Bonchev–Trinajstić information content (AvgIpc) is 2.38. The third-order valence-corrected chi connectivity index (χ3v) is 9.42. The largest absolute Gasteiger partial charge is 0.294 e. The van der Waals surface area contributed by atoms with Crippen LogP contribution in [0.2, 0.25) is 18.1 Å². The standard InChI is InChI=1S/C16H22O3SSi/c1-5-10-21(11-6-2,12-7-3)16-13-15(20(17,18)19)9-8-14(16)4/h5-9,13H,1-3,10-12H2,4H3,(H,17,18,19). The highest BCUT2D eigenvalue weighted by atomic mass is 32.2. The Balaban J connectivity index is 3.58. The van der Waals surface area contributed by atoms with Gasteiger partial charge in [0.1, 0.15) is 0 Å². The fraction of sp³-hybridized carbons (Fsp3) is 0.250. The van der Waals surface area contributed by atoms with Gasteiger partial charge in [-0.3, -0.25) is 4.55 Å². The van der Waals surface area contributed by atoms with Gasteiger partial charge >= 0.3 is 0 Å². The molecule has 0 aliphatic carbocycles. The second kappa shape index (κ2) is 7.02. The van der Waals surface area contributed by atoms with Gasteiger partial charge in [0.25, 0.3) is 10.1 Å². The molecule has 1 N–H and O–H groups in total. The van der Waals surface area contributed by atoms with Crippen LogP contribution in [0.1, 0.15) is 5.56 Å². The van der Waals surface area contributed by atoms with Crippen molar-refractivity contribution in [1.29, 1.82) is 0 Å². The van der Waals surface area contributed by atoms with E-state index in [1.807, 2.05) is 25.2 Å². The van der Waals surface area contributed by atoms with Gasteiger partial charge in [-0.15, -0.1) is 19.7 Å². The second-order valence-corrected chi connectivity index (χ2v) is 11.0. The summed E-state index contributed by atoms with van der Waals surface area (Å²) in [6, 6.07) is 7.20. The van der Waals surface area contributed by atoms with Crippen molar-refractivity contribution in [3.05, 3.63) is 61.7 Å². The maximum absolute atomic E-state index is 11.4. The van der Waals surface area contributed by atoms with Crippen molar-refractivity contribution in [3.8, 4) is 0 Å². The first-order valence-electron chi connectivity index (χ1n) is 6.72. The highest BCUT2D eigenvalue weighted by molar-refractivity contribution is 7.85. The molecular formula is C16H22O3SSi. The van der Waals surface area contributed by atoms with Gasteiger partial charge in [0.15, 0.2) is 0 Å². The monoisotopic (exact) mass is 322 g/mol. The molecule has 0 amide bonds. The molecule has 1 aromatic carbocycles. The summed E-state index contributed by atoms with van der Waals surface area (Å²) in [5, 5.41) is 1.01. The minimum Gasteiger partial charge on any atom is -0.282 e. The van der Waals surface area contributed by atoms with Crippen molar-refractivity contribution >= 4 is 23.4 Å². The molecule has 0 unspecified atom stereocenters. The van der Waals surface area contributed by atoms with Crippen molar-refractivity contribution in [2.75, 3.05) is 0 Å². The van der Waals surface area contributed by atoms with Crippen molar-refractivity contribution < 1.29 is 13.0 Å². The Morgan fingerprint density at radius 2 is 1.57 bits per heavy atom. The van der Waals surface area contributed by atoms with Gasteiger partial charge in [0.2, 0.25) is 0 Å². The van der Waals surface area contributed by atoms with Crippen LogP contribution in [-0.4, -0.2) is 21.0 Å². The third-order valence-electron chi connectivity index (χ3n) is 3.68. The number of hydrogen-bond donors (Lipinski definition) is 1. The molecule has 5 heteroatoms. The SMILES string of the molecule is C=CC[Si](CC=C)(CC=C)c1cc(S(=O)(=O)O)ccc1C. The lowest BCUT2D eigenvalue weighted by Crippen LogP contribution is -2.48. The van der Waals surface area contributed by atoms with Gasteiger partial charge in [-0.25, -0.2) is 0 Å². The number of allylic oxidation sites excluding steroid dienone is 3. The van der Waals surface area contributed by atoms with E-state index in [1.165, 1.54) is 6.07 Å². The zero-order valence-corrected chi connectivity index (χ0v) is 14.2. The summed E-state index contributed by atoms with van der Waals surface area (Å²) < 4.78 is 32.1. The van der Waals surface area contributed by atoms with Gasteiger partial charge < -0.3 is 0 Å². The summed E-state index contributed by atoms with van der Waals surface area (Å²) in [7, 11) is -6.26. The molecule has 0 radical (unpaired) electrons. The van der Waals surface area contributed by atoms with Crippen molar-refractivity contribution in [2.45, 2.75) is 30.0 Å². The molecule has 0 aliphatic rings. The normalized spacial score (nSPS) is 11.9. The summed E-state index contributed by atoms with van der Waals surface area (Å²) in [5.74, 6) is 0. The van der Waals surface area contributed by atoms with Crippen molar-refractivity contribution in [3.63, 3.8) is 0 Å². The minimum atomic E-state index is -4.20. The first-order chi connectivity index (χ1) is 9.80. The van der Waals surface area contributed by atoms with E-state index in [2.05, 4.69) is 19.7 Å². The molecule has 0 spiro atoms. The quantitative estimate of drug-likeness (QED) is 0.453. The molecule has 0 aliphatic heterocycles. The fourth-order valence-corrected chi connectivity index (χ4v) is 7.55. The molecule has 0 saturated carbocycles. The average molecular weight is 323 g/mol. The topological polar surface area (TPSA) is 54.4 Å². The summed E-state index contributed by atoms with van der Waals surface area (Å²) in [4.78, 5) is -0.0582. The summed E-state index contributed by atoms with van der Waals surface area (Å²) >= 11 is 0. The molecule has 0 fully saturated rings. The molecule has 1 rings (SSSR count). The second-order valence-electron chi connectivity index (χ2n) is 5.21. The van der Waals surface area contributed by atoms with Crippen LogP contribution in [0.3, 0.4) is 0 Å². The maximum atomic E-state index is 11.4. The van der Waals surface area contributed by atoms with Crippen LogP contribution in [0.4, 0.5) is 0 Å². The molecule has 3 nitrogen and oxygen atoms in total. The Labute approximate surface area is 128 Å². The molecule has 114 valence electrons. The third kappa shape index (κ3) is 4.03. The van der Waals surface area contributed by atoms with Crippen LogP contribution in [0, 0.1) is 6.92 Å². The number of benzene rings is 1. The van der Waals surface area contributed by atoms with E-state index in [0.29, 0.717) is 0 Å². The highest BCUT2D eigenvalue weighted by Gasteiger charge is 2.33. The minimum absolute atomic E-state index is 0.0582. The lowest BCUT2D eigenvalue weighted by Gasteiger charge is -2.31. The Bertz CT molecular complexity index is 621. The van der Waals surface area contributed by atoms with Crippen LogP contribution < -0.4 is 5.19 Å². The first-order valence-corrected chi connectivity index (χ1v) is 10.8. The van der Waals surface area contributed by atoms with Gasteiger partial charge in [-0.1, -0.05) is 35.0 Å². The molecule has 0 atom stereocenters. The van der Waals surface area contributed by atoms with E-state index in [0.717, 1.165) is 28.9 Å². The Kier molecular flexibility index (Phi) is 5.89. The van der Waals surface area contributed by atoms with Gasteiger partial charge in [0, 0.05) is 0 Å². The zero-order chi connectivity index (χ0) is 16.1. The lowest BCUT2D eigenvalue weighted by molar-refractivity contribution is 0.483. The lowest BCUT2D eigenvalue weighted by atomic mass is 10.2. The van der Waals surface area contributed by atoms with E-state index in [9.17, 15) is 13.0 Å². The van der Waals surface area contributed by atoms with Crippen LogP contribution >= 0.6 is 0 Å². The predicted molar refractivity (Wildman–Crippen MR) is 91.4 cm³/mol. The maximum Gasteiger partial charge on any atom is 0.294 e. The molecule has 0 saturated heterocycles. The zero-order valence-electron chi connectivity index (χ0n) is 12.4. The molecule has 0 heterocycles. The van der Waals surface area contributed by atoms with Crippen LogP contribution in [0.25, 0.3) is 0 Å². The van der Waals surface area contributed by atoms with Gasteiger partial charge in [-0.05, 0) is 37.2 Å². The Hall–Kier alpha value is -1.43. The summed E-state index contributed by atoms with van der Waals surface area (Å²) in [5.41, 5.74) is 1.03. The molecule has 0 bridgehead atoms. The van der Waals surface area contributed by atoms with Crippen molar-refractivity contribution in [1.82, 2.24) is 0 Å². The predicted octanol–water partition coefficient (Wildman–Crippen LogP) is 3.46. The van der Waals surface area contributed by atoms with Crippen molar-refractivity contribution in [2.24, 2.45) is 0 Å². The smallest absolute Gasteiger partial charge is 0.282 e. The molecular weight excluding hydrogens is 300 g/mol. The first kappa shape index (κ1) is 17.6. The Morgan fingerprint density at radius 3 is 1.95 bits per heavy atom. The van der Waals surface area contributed by atoms with Gasteiger partial charge in [0.05, 0.1) is 13.0 Å². The number of aryl methyl sites for hydroxylation is 1. The number of rotatable bonds is 8. The molecule has 21 heavy (non-hydrogen) atoms. The van der Waals surface area contributed by atoms with Crippen LogP contribution in [0.15, 0.2) is 61.1 Å². The molecule has 1 aromatic rings. The van der Waals surface area contributed by atoms with E-state index in [1.54, 1.807) is 12.1 Å². The Morgan fingerprint density at radius 1 is 1.10 bits per heavy atom. The van der Waals surface area contributed by atoms with Crippen LogP contribution in [-0.2, 0) is 10.1 Å². The fourth-order valence-electron chi connectivity index (χ4n) is 2.74. The number of hydrogen-bond acceptors (Lipinski definition) is 2. The van der Waals surface area contributed by atoms with Crippen LogP contribution in [0.5, 0.6) is 0 Å². The summed E-state index contributed by atoms with van der Waals surface area (Å²) in [6.07, 6.45) is 5.62. The highest BCUT2D eigenvalue weighted by Crippen LogP contribution is 2.25. The van der Waals surface area contributed by atoms with E-state index in [4.69, 9.17) is 0 Å². The summed E-state index contributed by atoms with van der Waals surface area (Å²) in [6.45, 7) is 13.5. The van der Waals surface area contributed by atoms with Gasteiger partial charge in [-0.2, -0.15) is 8.42 Å².